The predicted octanol–water partition coefficient (Wildman–Crippen LogP) is 5.19. The van der Waals surface area contributed by atoms with Crippen molar-refractivity contribution in [2.75, 3.05) is 7.11 Å². The van der Waals surface area contributed by atoms with Gasteiger partial charge >= 0.3 is 5.97 Å². The summed E-state index contributed by atoms with van der Waals surface area (Å²) in [4.78, 5) is 10.7. The second-order valence-corrected chi connectivity index (χ2v) is 8.30. The second kappa shape index (κ2) is 9.22. The maximum atomic E-state index is 10.7. The summed E-state index contributed by atoms with van der Waals surface area (Å²) in [5.41, 5.74) is 1.64. The van der Waals surface area contributed by atoms with Crippen LogP contribution in [-0.4, -0.2) is 18.2 Å². The Morgan fingerprint density at radius 3 is 2.42 bits per heavy atom. The van der Waals surface area contributed by atoms with Crippen molar-refractivity contribution in [3.8, 4) is 11.5 Å². The monoisotopic (exact) mass is 662 g/mol. The van der Waals surface area contributed by atoms with E-state index in [0.29, 0.717) is 12.4 Å². The standard InChI is InChI=1S/C17H13I3O4/c1-23-15-4-2-10(3-5-16(21)22)6-11(15)9-24-17-13(19)7-12(18)8-14(17)20/h2-8H,9H2,1H3,(H,21,22). The predicted molar refractivity (Wildman–Crippen MR) is 119 cm³/mol. The highest BCUT2D eigenvalue weighted by atomic mass is 127. The van der Waals surface area contributed by atoms with E-state index in [1.54, 1.807) is 19.3 Å². The number of carboxylic acids is 1. The number of hydrogen-bond donors (Lipinski definition) is 1. The zero-order chi connectivity index (χ0) is 17.7. The Kier molecular flexibility index (Phi) is 7.60. The molecule has 0 amide bonds. The van der Waals surface area contributed by atoms with Gasteiger partial charge in [0.05, 0.1) is 14.3 Å². The van der Waals surface area contributed by atoms with E-state index in [1.165, 1.54) is 0 Å². The zero-order valence-corrected chi connectivity index (χ0v) is 19.0. The summed E-state index contributed by atoms with van der Waals surface area (Å²) in [6, 6.07) is 9.60. The van der Waals surface area contributed by atoms with Gasteiger partial charge in [-0.3, -0.25) is 0 Å². The minimum absolute atomic E-state index is 0.338. The van der Waals surface area contributed by atoms with Crippen molar-refractivity contribution in [2.45, 2.75) is 6.61 Å². The molecule has 7 heteroatoms. The van der Waals surface area contributed by atoms with E-state index in [-0.39, 0.29) is 0 Å². The van der Waals surface area contributed by atoms with Crippen LogP contribution in [-0.2, 0) is 11.4 Å². The Labute approximate surface area is 181 Å². The van der Waals surface area contributed by atoms with E-state index >= 15 is 0 Å². The number of carboxylic acid groups (broad SMARTS) is 1. The van der Waals surface area contributed by atoms with Gasteiger partial charge in [0.1, 0.15) is 18.1 Å². The molecule has 0 heterocycles. The molecular weight excluding hydrogens is 649 g/mol. The van der Waals surface area contributed by atoms with Crippen molar-refractivity contribution in [1.29, 1.82) is 0 Å². The maximum Gasteiger partial charge on any atom is 0.328 e. The SMILES string of the molecule is COc1ccc(C=CC(=O)O)cc1COc1c(I)cc(I)cc1I. The van der Waals surface area contributed by atoms with Crippen molar-refractivity contribution >= 4 is 79.8 Å². The Bertz CT molecular complexity index is 764. The molecule has 2 aromatic rings. The topological polar surface area (TPSA) is 55.8 Å². The molecule has 0 aliphatic rings. The van der Waals surface area contributed by atoms with E-state index in [0.717, 1.165) is 33.7 Å². The molecule has 0 fully saturated rings. The first kappa shape index (κ1) is 19.8. The molecule has 0 bridgehead atoms. The first-order chi connectivity index (χ1) is 11.4. The molecule has 0 atom stereocenters. The fourth-order valence-electron chi connectivity index (χ4n) is 2.00. The molecule has 0 saturated carbocycles. The largest absolute Gasteiger partial charge is 0.496 e. The number of hydrogen-bond acceptors (Lipinski definition) is 3. The smallest absolute Gasteiger partial charge is 0.328 e. The first-order valence-corrected chi connectivity index (χ1v) is 9.99. The average molecular weight is 662 g/mol. The van der Waals surface area contributed by atoms with Crippen LogP contribution in [0.15, 0.2) is 36.4 Å². The van der Waals surface area contributed by atoms with Gasteiger partial charge in [0.15, 0.2) is 0 Å². The van der Waals surface area contributed by atoms with Crippen LogP contribution in [0.1, 0.15) is 11.1 Å². The fourth-order valence-corrected chi connectivity index (χ4v) is 5.89. The van der Waals surface area contributed by atoms with Gasteiger partial charge in [0.25, 0.3) is 0 Å². The first-order valence-electron chi connectivity index (χ1n) is 6.76. The molecule has 0 aliphatic carbocycles. The van der Waals surface area contributed by atoms with E-state index in [1.807, 2.05) is 12.1 Å². The van der Waals surface area contributed by atoms with Gasteiger partial charge in [-0.25, -0.2) is 4.79 Å². The summed E-state index contributed by atoms with van der Waals surface area (Å²) in [6.45, 7) is 0.338. The highest BCUT2D eigenvalue weighted by molar-refractivity contribution is 14.1. The molecule has 0 aromatic heterocycles. The molecule has 0 spiro atoms. The van der Waals surface area contributed by atoms with Crippen LogP contribution in [0.4, 0.5) is 0 Å². The van der Waals surface area contributed by atoms with Gasteiger partial charge in [-0.15, -0.1) is 0 Å². The number of rotatable bonds is 6. The molecular formula is C17H13I3O4. The highest BCUT2D eigenvalue weighted by Crippen LogP contribution is 2.31. The van der Waals surface area contributed by atoms with Crippen LogP contribution in [0.25, 0.3) is 6.08 Å². The lowest BCUT2D eigenvalue weighted by Crippen LogP contribution is -2.02. The van der Waals surface area contributed by atoms with Crippen LogP contribution in [0.2, 0.25) is 0 Å². The van der Waals surface area contributed by atoms with Crippen molar-refractivity contribution in [2.24, 2.45) is 0 Å². The van der Waals surface area contributed by atoms with Crippen LogP contribution in [0, 0.1) is 10.7 Å². The van der Waals surface area contributed by atoms with Gasteiger partial charge in [0.2, 0.25) is 0 Å². The number of halogens is 3. The van der Waals surface area contributed by atoms with E-state index in [9.17, 15) is 4.79 Å². The third-order valence-electron chi connectivity index (χ3n) is 3.06. The molecule has 1 N–H and O–H groups in total. The van der Waals surface area contributed by atoms with Crippen molar-refractivity contribution in [3.05, 3.63) is 58.2 Å². The lowest BCUT2D eigenvalue weighted by molar-refractivity contribution is -0.131. The minimum Gasteiger partial charge on any atom is -0.496 e. The lowest BCUT2D eigenvalue weighted by Gasteiger charge is -2.14. The Morgan fingerprint density at radius 2 is 1.83 bits per heavy atom. The number of aliphatic carboxylic acids is 1. The molecule has 2 rings (SSSR count). The maximum absolute atomic E-state index is 10.7. The highest BCUT2D eigenvalue weighted by Gasteiger charge is 2.11. The van der Waals surface area contributed by atoms with Crippen LogP contribution in [0.3, 0.4) is 0 Å². The second-order valence-electron chi connectivity index (χ2n) is 4.73. The van der Waals surface area contributed by atoms with Crippen LogP contribution in [0.5, 0.6) is 11.5 Å². The lowest BCUT2D eigenvalue weighted by atomic mass is 10.1. The summed E-state index contributed by atoms with van der Waals surface area (Å²) in [6.07, 6.45) is 2.65. The van der Waals surface area contributed by atoms with E-state index < -0.39 is 5.97 Å². The van der Waals surface area contributed by atoms with Crippen LogP contribution >= 0.6 is 67.8 Å². The summed E-state index contributed by atoms with van der Waals surface area (Å²) < 4.78 is 14.6. The third-order valence-corrected chi connectivity index (χ3v) is 5.28. The van der Waals surface area contributed by atoms with Crippen LogP contribution < -0.4 is 9.47 Å². The number of carbonyl (C=O) groups is 1. The fraction of sp³-hybridized carbons (Fsp3) is 0.118. The van der Waals surface area contributed by atoms with E-state index in [2.05, 4.69) is 79.9 Å². The minimum atomic E-state index is -0.980. The molecule has 0 saturated heterocycles. The Morgan fingerprint density at radius 1 is 1.17 bits per heavy atom. The molecule has 0 unspecified atom stereocenters. The number of methoxy groups -OCH3 is 1. The van der Waals surface area contributed by atoms with Crippen molar-refractivity contribution in [1.82, 2.24) is 0 Å². The third kappa shape index (κ3) is 5.48. The van der Waals surface area contributed by atoms with Gasteiger partial charge in [-0.2, -0.15) is 0 Å². The Balaban J connectivity index is 2.25. The van der Waals surface area contributed by atoms with Gasteiger partial charge in [-0.1, -0.05) is 6.07 Å². The Hall–Kier alpha value is -0.560. The number of ether oxygens (including phenoxy) is 2. The molecule has 24 heavy (non-hydrogen) atoms. The molecule has 0 radical (unpaired) electrons. The molecule has 0 aliphatic heterocycles. The average Bonchev–Trinajstić information content (AvgIpc) is 2.52. The quantitative estimate of drug-likeness (QED) is 0.343. The van der Waals surface area contributed by atoms with Crippen molar-refractivity contribution < 1.29 is 19.4 Å². The molecule has 4 nitrogen and oxygen atoms in total. The van der Waals surface area contributed by atoms with Gasteiger partial charge in [0, 0.05) is 15.2 Å². The summed E-state index contributed by atoms with van der Waals surface area (Å²) in [5, 5.41) is 8.74. The summed E-state index contributed by atoms with van der Waals surface area (Å²) in [7, 11) is 1.60. The summed E-state index contributed by atoms with van der Waals surface area (Å²) >= 11 is 6.79. The molecule has 126 valence electrons. The van der Waals surface area contributed by atoms with Gasteiger partial charge in [-0.05, 0) is 104 Å². The van der Waals surface area contributed by atoms with Crippen molar-refractivity contribution in [3.63, 3.8) is 0 Å². The van der Waals surface area contributed by atoms with Gasteiger partial charge < -0.3 is 14.6 Å². The summed E-state index contributed by atoms with van der Waals surface area (Å²) in [5.74, 6) is 0.565. The normalized spacial score (nSPS) is 10.8. The van der Waals surface area contributed by atoms with E-state index in [4.69, 9.17) is 14.6 Å². The number of benzene rings is 2. The molecule has 2 aromatic carbocycles. The zero-order valence-electron chi connectivity index (χ0n) is 12.6.